The zero-order valence-electron chi connectivity index (χ0n) is 26.7. The van der Waals surface area contributed by atoms with Gasteiger partial charge in [-0.1, -0.05) is 170 Å². The van der Waals surface area contributed by atoms with Gasteiger partial charge in [0, 0.05) is 16.3 Å². The maximum Gasteiger partial charge on any atom is 0.143 e. The second kappa shape index (κ2) is 11.1. The van der Waals surface area contributed by atoms with Crippen molar-refractivity contribution in [2.75, 3.05) is 0 Å². The molecule has 49 heavy (non-hydrogen) atoms. The van der Waals surface area contributed by atoms with E-state index in [1.807, 2.05) is 0 Å². The first-order valence-electron chi connectivity index (χ1n) is 16.9. The molecule has 10 rings (SSSR count). The van der Waals surface area contributed by atoms with Crippen LogP contribution in [0.5, 0.6) is 0 Å². The summed E-state index contributed by atoms with van der Waals surface area (Å²) >= 11 is 0. The molecule has 0 radical (unpaired) electrons. The standard InChI is InChI=1S/C48H30O/c1-2-14-32(15-3-1)35-25-13-27-43-44-30-33(28-29-45(44)49-48(35)43)46-39-21-8-10-23-41(39)47(42-24-11-9-22-40(42)46)38-20-7-6-19-37(38)36-26-12-17-31-16-4-5-18-34(31)36/h1-30H. The van der Waals surface area contributed by atoms with Crippen LogP contribution in [-0.2, 0) is 0 Å². The molecular formula is C48H30O. The SMILES string of the molecule is c1ccc(-c2cccc3c2oc2ccc(-c4c5ccccc5c(-c5ccccc5-c5cccc6ccccc56)c5ccccc45)cc23)cc1. The number of hydrogen-bond acceptors (Lipinski definition) is 1. The van der Waals surface area contributed by atoms with Gasteiger partial charge in [-0.25, -0.2) is 0 Å². The number of fused-ring (bicyclic) bond motifs is 6. The lowest BCUT2D eigenvalue weighted by Crippen LogP contribution is -1.93. The van der Waals surface area contributed by atoms with Gasteiger partial charge in [-0.15, -0.1) is 0 Å². The van der Waals surface area contributed by atoms with Gasteiger partial charge < -0.3 is 4.42 Å². The molecule has 0 N–H and O–H groups in total. The predicted octanol–water partition coefficient (Wildman–Crippen LogP) is 13.7. The van der Waals surface area contributed by atoms with E-state index in [1.165, 1.54) is 65.7 Å². The number of hydrogen-bond donors (Lipinski definition) is 0. The molecule has 0 aliphatic rings. The number of furan rings is 1. The van der Waals surface area contributed by atoms with Crippen molar-refractivity contribution in [1.29, 1.82) is 0 Å². The molecule has 0 aliphatic heterocycles. The molecule has 9 aromatic carbocycles. The minimum absolute atomic E-state index is 0.899. The molecule has 0 saturated heterocycles. The summed E-state index contributed by atoms with van der Waals surface area (Å²) in [7, 11) is 0. The van der Waals surface area contributed by atoms with Crippen LogP contribution < -0.4 is 0 Å². The molecule has 1 heteroatoms. The van der Waals surface area contributed by atoms with Gasteiger partial charge in [-0.3, -0.25) is 0 Å². The third-order valence-corrected chi connectivity index (χ3v) is 10.1. The highest BCUT2D eigenvalue weighted by Crippen LogP contribution is 2.47. The summed E-state index contributed by atoms with van der Waals surface area (Å²) in [6.45, 7) is 0. The van der Waals surface area contributed by atoms with Gasteiger partial charge in [-0.2, -0.15) is 0 Å². The minimum Gasteiger partial charge on any atom is -0.455 e. The molecule has 228 valence electrons. The zero-order valence-corrected chi connectivity index (χ0v) is 26.7. The van der Waals surface area contributed by atoms with Crippen LogP contribution in [0.2, 0.25) is 0 Å². The van der Waals surface area contributed by atoms with Crippen molar-refractivity contribution >= 4 is 54.3 Å². The van der Waals surface area contributed by atoms with Crippen LogP contribution in [0.3, 0.4) is 0 Å². The normalized spacial score (nSPS) is 11.7. The summed E-state index contributed by atoms with van der Waals surface area (Å²) in [6, 6.07) is 65.7. The first kappa shape index (κ1) is 27.7. The van der Waals surface area contributed by atoms with Crippen LogP contribution in [0, 0.1) is 0 Å². The summed E-state index contributed by atoms with van der Waals surface area (Å²) in [5.41, 5.74) is 11.5. The summed E-state index contributed by atoms with van der Waals surface area (Å²) in [6.07, 6.45) is 0. The van der Waals surface area contributed by atoms with Crippen molar-refractivity contribution in [3.8, 4) is 44.5 Å². The van der Waals surface area contributed by atoms with Gasteiger partial charge in [0.05, 0.1) is 0 Å². The molecule has 0 unspecified atom stereocenters. The van der Waals surface area contributed by atoms with Gasteiger partial charge in [-0.05, 0) is 83.4 Å². The van der Waals surface area contributed by atoms with Gasteiger partial charge in [0.25, 0.3) is 0 Å². The lowest BCUT2D eigenvalue weighted by atomic mass is 9.83. The summed E-state index contributed by atoms with van der Waals surface area (Å²) in [5.74, 6) is 0. The highest BCUT2D eigenvalue weighted by Gasteiger charge is 2.20. The van der Waals surface area contributed by atoms with E-state index in [2.05, 4.69) is 182 Å². The van der Waals surface area contributed by atoms with Gasteiger partial charge in [0.1, 0.15) is 11.2 Å². The van der Waals surface area contributed by atoms with E-state index in [0.717, 1.165) is 33.1 Å². The van der Waals surface area contributed by atoms with Crippen LogP contribution in [0.25, 0.3) is 98.8 Å². The maximum absolute atomic E-state index is 6.57. The average Bonchev–Trinajstić information content (AvgIpc) is 3.55. The summed E-state index contributed by atoms with van der Waals surface area (Å²) < 4.78 is 6.57. The Bertz CT molecular complexity index is 2810. The van der Waals surface area contributed by atoms with Gasteiger partial charge in [0.15, 0.2) is 0 Å². The summed E-state index contributed by atoms with van der Waals surface area (Å²) in [4.78, 5) is 0. The van der Waals surface area contributed by atoms with E-state index < -0.39 is 0 Å². The Hall–Kier alpha value is -6.44. The van der Waals surface area contributed by atoms with Crippen molar-refractivity contribution in [1.82, 2.24) is 0 Å². The molecule has 0 atom stereocenters. The highest BCUT2D eigenvalue weighted by molar-refractivity contribution is 6.23. The molecule has 10 aromatic rings. The molecule has 0 spiro atoms. The fraction of sp³-hybridized carbons (Fsp3) is 0. The fourth-order valence-corrected chi connectivity index (χ4v) is 7.92. The van der Waals surface area contributed by atoms with Gasteiger partial charge in [0.2, 0.25) is 0 Å². The van der Waals surface area contributed by atoms with Crippen molar-refractivity contribution < 1.29 is 4.42 Å². The van der Waals surface area contributed by atoms with Crippen LogP contribution in [0.1, 0.15) is 0 Å². The zero-order chi connectivity index (χ0) is 32.3. The largest absolute Gasteiger partial charge is 0.455 e. The summed E-state index contributed by atoms with van der Waals surface area (Å²) in [5, 5.41) is 9.73. The lowest BCUT2D eigenvalue weighted by molar-refractivity contribution is 0.670. The molecule has 0 amide bonds. The molecule has 0 aliphatic carbocycles. The van der Waals surface area contributed by atoms with Crippen LogP contribution >= 0.6 is 0 Å². The number of benzene rings is 9. The quantitative estimate of drug-likeness (QED) is 0.178. The van der Waals surface area contributed by atoms with E-state index in [1.54, 1.807) is 0 Å². The first-order chi connectivity index (χ1) is 24.3. The van der Waals surface area contributed by atoms with Crippen LogP contribution in [0.15, 0.2) is 186 Å². The molecule has 1 nitrogen and oxygen atoms in total. The topological polar surface area (TPSA) is 13.1 Å². The monoisotopic (exact) mass is 622 g/mol. The van der Waals surface area contributed by atoms with Crippen molar-refractivity contribution in [3.05, 3.63) is 182 Å². The van der Waals surface area contributed by atoms with E-state index in [0.29, 0.717) is 0 Å². The van der Waals surface area contributed by atoms with Gasteiger partial charge >= 0.3 is 0 Å². The number of rotatable bonds is 4. The minimum atomic E-state index is 0.899. The highest BCUT2D eigenvalue weighted by atomic mass is 16.3. The van der Waals surface area contributed by atoms with Crippen LogP contribution in [-0.4, -0.2) is 0 Å². The second-order valence-electron chi connectivity index (χ2n) is 12.8. The Balaban J connectivity index is 1.25. The Morgan fingerprint density at radius 2 is 0.816 bits per heavy atom. The third-order valence-electron chi connectivity index (χ3n) is 10.1. The molecule has 0 bridgehead atoms. The fourth-order valence-electron chi connectivity index (χ4n) is 7.92. The Labute approximate surface area is 284 Å². The van der Waals surface area contributed by atoms with Crippen molar-refractivity contribution in [3.63, 3.8) is 0 Å². The van der Waals surface area contributed by atoms with Crippen LogP contribution in [0.4, 0.5) is 0 Å². The second-order valence-corrected chi connectivity index (χ2v) is 12.8. The maximum atomic E-state index is 6.57. The molecule has 0 fully saturated rings. The van der Waals surface area contributed by atoms with E-state index in [-0.39, 0.29) is 0 Å². The van der Waals surface area contributed by atoms with Crippen molar-refractivity contribution in [2.45, 2.75) is 0 Å². The number of para-hydroxylation sites is 1. The average molecular weight is 623 g/mol. The lowest BCUT2D eigenvalue weighted by Gasteiger charge is -2.20. The predicted molar refractivity (Wildman–Crippen MR) is 208 cm³/mol. The smallest absolute Gasteiger partial charge is 0.143 e. The van der Waals surface area contributed by atoms with E-state index in [9.17, 15) is 0 Å². The Morgan fingerprint density at radius 1 is 0.286 bits per heavy atom. The molecule has 1 heterocycles. The Morgan fingerprint density at radius 3 is 1.57 bits per heavy atom. The van der Waals surface area contributed by atoms with E-state index in [4.69, 9.17) is 4.42 Å². The van der Waals surface area contributed by atoms with E-state index >= 15 is 0 Å². The van der Waals surface area contributed by atoms with Crippen molar-refractivity contribution in [2.24, 2.45) is 0 Å². The molecular weight excluding hydrogens is 593 g/mol. The Kier molecular flexibility index (Phi) is 6.25. The molecule has 1 aromatic heterocycles. The molecule has 0 saturated carbocycles. The first-order valence-corrected chi connectivity index (χ1v) is 16.9. The third kappa shape index (κ3) is 4.33.